The Morgan fingerprint density at radius 2 is 1.70 bits per heavy atom. The zero-order valence-corrected chi connectivity index (χ0v) is 11.8. The second kappa shape index (κ2) is 6.28. The van der Waals surface area contributed by atoms with Crippen LogP contribution in [-0.4, -0.2) is 11.7 Å². The number of anilines is 1. The number of rotatable bonds is 4. The minimum atomic E-state index is -1.08. The van der Waals surface area contributed by atoms with E-state index in [-0.39, 0.29) is 17.8 Å². The molecule has 0 radical (unpaired) electrons. The van der Waals surface area contributed by atoms with Crippen LogP contribution in [0.1, 0.15) is 11.7 Å². The fourth-order valence-corrected chi connectivity index (χ4v) is 2.04. The summed E-state index contributed by atoms with van der Waals surface area (Å²) < 4.78 is 40.0. The molecule has 6 heteroatoms. The van der Waals surface area contributed by atoms with Crippen molar-refractivity contribution < 1.29 is 18.3 Å². The Hall–Kier alpha value is -1.53. The molecule has 20 heavy (non-hydrogen) atoms. The molecule has 0 bridgehead atoms. The maximum Gasteiger partial charge on any atom is 0.159 e. The first kappa shape index (κ1) is 14.9. The van der Waals surface area contributed by atoms with Gasteiger partial charge in [-0.05, 0) is 35.9 Å². The third kappa shape index (κ3) is 3.52. The van der Waals surface area contributed by atoms with Gasteiger partial charge in [-0.2, -0.15) is 0 Å². The number of aliphatic hydroxyl groups excluding tert-OH is 1. The highest BCUT2D eigenvalue weighted by atomic mass is 79.9. The lowest BCUT2D eigenvalue weighted by molar-refractivity contribution is 0.191. The van der Waals surface area contributed by atoms with Crippen molar-refractivity contribution in [2.24, 2.45) is 0 Å². The summed E-state index contributed by atoms with van der Waals surface area (Å²) in [5, 5.41) is 12.6. The molecule has 1 unspecified atom stereocenters. The van der Waals surface area contributed by atoms with E-state index in [0.29, 0.717) is 4.47 Å². The number of benzene rings is 2. The Kier molecular flexibility index (Phi) is 4.67. The van der Waals surface area contributed by atoms with Crippen LogP contribution in [0.3, 0.4) is 0 Å². The van der Waals surface area contributed by atoms with E-state index in [0.717, 1.165) is 12.1 Å². The van der Waals surface area contributed by atoms with Gasteiger partial charge in [0.2, 0.25) is 0 Å². The smallest absolute Gasteiger partial charge is 0.159 e. The van der Waals surface area contributed by atoms with Crippen LogP contribution in [0.25, 0.3) is 0 Å². The lowest BCUT2D eigenvalue weighted by Crippen LogP contribution is -2.13. The first-order chi connectivity index (χ1) is 9.47. The molecule has 0 saturated carbocycles. The number of aliphatic hydroxyl groups is 1. The highest BCUT2D eigenvalue weighted by Crippen LogP contribution is 2.22. The second-order valence-electron chi connectivity index (χ2n) is 4.19. The van der Waals surface area contributed by atoms with Crippen molar-refractivity contribution in [3.63, 3.8) is 0 Å². The summed E-state index contributed by atoms with van der Waals surface area (Å²) in [6, 6.07) is 7.48. The van der Waals surface area contributed by atoms with Crippen LogP contribution < -0.4 is 5.32 Å². The van der Waals surface area contributed by atoms with Crippen LogP contribution in [0.4, 0.5) is 18.9 Å². The molecular weight excluding hydrogens is 335 g/mol. The first-order valence-corrected chi connectivity index (χ1v) is 6.58. The topological polar surface area (TPSA) is 32.3 Å². The predicted molar refractivity (Wildman–Crippen MR) is 73.9 cm³/mol. The van der Waals surface area contributed by atoms with Crippen molar-refractivity contribution >= 4 is 21.6 Å². The summed E-state index contributed by atoms with van der Waals surface area (Å²) in [7, 11) is 0. The van der Waals surface area contributed by atoms with Crippen LogP contribution in [0.2, 0.25) is 0 Å². The third-order valence-corrected chi connectivity index (χ3v) is 3.24. The molecule has 2 aromatic rings. The Bertz CT molecular complexity index is 621. The summed E-state index contributed by atoms with van der Waals surface area (Å²) in [5.74, 6) is -2.48. The summed E-state index contributed by atoms with van der Waals surface area (Å²) in [4.78, 5) is 0. The maximum absolute atomic E-state index is 13.5. The molecule has 0 spiro atoms. The Balaban J connectivity index is 2.06. The molecule has 2 rings (SSSR count). The van der Waals surface area contributed by atoms with Gasteiger partial charge < -0.3 is 10.4 Å². The number of hydrogen-bond acceptors (Lipinski definition) is 2. The zero-order chi connectivity index (χ0) is 14.7. The van der Waals surface area contributed by atoms with Gasteiger partial charge in [-0.1, -0.05) is 22.0 Å². The van der Waals surface area contributed by atoms with Gasteiger partial charge in [-0.25, -0.2) is 13.2 Å². The van der Waals surface area contributed by atoms with E-state index in [1.54, 1.807) is 6.07 Å². The van der Waals surface area contributed by atoms with Crippen molar-refractivity contribution in [1.82, 2.24) is 0 Å². The molecule has 0 aliphatic carbocycles. The lowest BCUT2D eigenvalue weighted by atomic mass is 10.1. The number of halogens is 4. The van der Waals surface area contributed by atoms with E-state index in [1.165, 1.54) is 18.2 Å². The molecule has 0 fully saturated rings. The molecule has 2 N–H and O–H groups in total. The quantitative estimate of drug-likeness (QED) is 0.877. The highest BCUT2D eigenvalue weighted by molar-refractivity contribution is 9.10. The molecule has 0 aromatic heterocycles. The van der Waals surface area contributed by atoms with E-state index in [1.807, 2.05) is 0 Å². The molecule has 0 amide bonds. The van der Waals surface area contributed by atoms with Crippen LogP contribution in [0, 0.1) is 17.5 Å². The predicted octanol–water partition coefficient (Wildman–Crippen LogP) is 4.01. The number of nitrogens with one attached hydrogen (secondary N) is 1. The molecule has 2 nitrogen and oxygen atoms in total. The highest BCUT2D eigenvalue weighted by Gasteiger charge is 2.12. The summed E-state index contributed by atoms with van der Waals surface area (Å²) in [6.07, 6.45) is -1.08. The normalized spacial score (nSPS) is 12.2. The molecule has 0 saturated heterocycles. The van der Waals surface area contributed by atoms with E-state index in [2.05, 4.69) is 21.2 Å². The van der Waals surface area contributed by atoms with E-state index in [4.69, 9.17) is 0 Å². The second-order valence-corrected chi connectivity index (χ2v) is 5.11. The fourth-order valence-electron chi connectivity index (χ4n) is 1.68. The minimum absolute atomic E-state index is 0.0293. The van der Waals surface area contributed by atoms with Crippen LogP contribution in [-0.2, 0) is 0 Å². The molecule has 0 aliphatic heterocycles. The Labute approximate surface area is 122 Å². The van der Waals surface area contributed by atoms with Gasteiger partial charge in [-0.15, -0.1) is 0 Å². The fraction of sp³-hybridized carbons (Fsp3) is 0.143. The molecule has 0 aliphatic rings. The van der Waals surface area contributed by atoms with E-state index in [9.17, 15) is 18.3 Å². The van der Waals surface area contributed by atoms with Gasteiger partial charge in [0, 0.05) is 11.0 Å². The van der Waals surface area contributed by atoms with Crippen LogP contribution in [0.15, 0.2) is 40.9 Å². The average molecular weight is 346 g/mol. The maximum atomic E-state index is 13.5. The Morgan fingerprint density at radius 3 is 2.40 bits per heavy atom. The van der Waals surface area contributed by atoms with Gasteiger partial charge in [0.1, 0.15) is 5.82 Å². The average Bonchev–Trinajstić information content (AvgIpc) is 2.42. The Morgan fingerprint density at radius 1 is 1.00 bits per heavy atom. The van der Waals surface area contributed by atoms with Crippen LogP contribution in [0.5, 0.6) is 0 Å². The van der Waals surface area contributed by atoms with Crippen molar-refractivity contribution in [3.05, 3.63) is 63.9 Å². The molecular formula is C14H11BrF3NO. The summed E-state index contributed by atoms with van der Waals surface area (Å²) >= 11 is 3.21. The molecule has 1 atom stereocenters. The van der Waals surface area contributed by atoms with E-state index >= 15 is 0 Å². The van der Waals surface area contributed by atoms with Gasteiger partial charge >= 0.3 is 0 Å². The molecule has 106 valence electrons. The van der Waals surface area contributed by atoms with Crippen LogP contribution >= 0.6 is 15.9 Å². The van der Waals surface area contributed by atoms with Crippen molar-refractivity contribution in [2.45, 2.75) is 6.10 Å². The summed E-state index contributed by atoms with van der Waals surface area (Å²) in [6.45, 7) is -0.0293. The third-order valence-electron chi connectivity index (χ3n) is 2.74. The SMILES string of the molecule is OC(CNc1cc(Br)ccc1F)c1ccc(F)c(F)c1. The largest absolute Gasteiger partial charge is 0.387 e. The molecule has 0 heterocycles. The van der Waals surface area contributed by atoms with E-state index < -0.39 is 23.6 Å². The summed E-state index contributed by atoms with van der Waals surface area (Å²) in [5.41, 5.74) is 0.424. The molecule has 2 aromatic carbocycles. The van der Waals surface area contributed by atoms with Crippen molar-refractivity contribution in [2.75, 3.05) is 11.9 Å². The standard InChI is InChI=1S/C14H11BrF3NO/c15-9-2-4-11(17)13(6-9)19-7-14(20)8-1-3-10(16)12(18)5-8/h1-6,14,19-20H,7H2. The minimum Gasteiger partial charge on any atom is -0.387 e. The van der Waals surface area contributed by atoms with Gasteiger partial charge in [0.15, 0.2) is 11.6 Å². The zero-order valence-electron chi connectivity index (χ0n) is 10.2. The van der Waals surface area contributed by atoms with Gasteiger partial charge in [0.25, 0.3) is 0 Å². The first-order valence-electron chi connectivity index (χ1n) is 5.79. The van der Waals surface area contributed by atoms with Crippen molar-refractivity contribution in [1.29, 1.82) is 0 Å². The van der Waals surface area contributed by atoms with Crippen molar-refractivity contribution in [3.8, 4) is 0 Å². The van der Waals surface area contributed by atoms with Gasteiger partial charge in [0.05, 0.1) is 11.8 Å². The monoisotopic (exact) mass is 345 g/mol. The number of hydrogen-bond donors (Lipinski definition) is 2. The lowest BCUT2D eigenvalue weighted by Gasteiger charge is -2.14. The van der Waals surface area contributed by atoms with Gasteiger partial charge in [-0.3, -0.25) is 0 Å².